The molecule has 0 spiro atoms. The minimum absolute atomic E-state index is 0.172. The lowest BCUT2D eigenvalue weighted by atomic mass is 10.0. The molecule has 0 N–H and O–H groups in total. The Morgan fingerprint density at radius 1 is 1.22 bits per heavy atom. The number of hydrogen-bond acceptors (Lipinski definition) is 3. The van der Waals surface area contributed by atoms with Crippen molar-refractivity contribution in [2.24, 2.45) is 0 Å². The summed E-state index contributed by atoms with van der Waals surface area (Å²) in [5.41, 5.74) is 2.22. The van der Waals surface area contributed by atoms with E-state index >= 15 is 0 Å². The summed E-state index contributed by atoms with van der Waals surface area (Å²) in [5.74, 6) is 1.25. The lowest BCUT2D eigenvalue weighted by Crippen LogP contribution is -2.44. The predicted molar refractivity (Wildman–Crippen MR) is 95.4 cm³/mol. The van der Waals surface area contributed by atoms with Crippen molar-refractivity contribution in [3.8, 4) is 0 Å². The molecule has 120 valence electrons. The second kappa shape index (κ2) is 7.64. The number of benzene rings is 1. The van der Waals surface area contributed by atoms with E-state index in [0.717, 1.165) is 18.0 Å². The van der Waals surface area contributed by atoms with Gasteiger partial charge in [-0.3, -0.25) is 9.78 Å². The number of thioether (sulfide) groups is 1. The van der Waals surface area contributed by atoms with Gasteiger partial charge in [-0.1, -0.05) is 43.3 Å². The molecule has 23 heavy (non-hydrogen) atoms. The van der Waals surface area contributed by atoms with Crippen molar-refractivity contribution in [3.05, 3.63) is 66.0 Å². The highest BCUT2D eigenvalue weighted by Gasteiger charge is 2.33. The molecule has 2 atom stereocenters. The van der Waals surface area contributed by atoms with Crippen LogP contribution in [0.1, 0.15) is 30.6 Å². The third kappa shape index (κ3) is 3.94. The monoisotopic (exact) mass is 326 g/mol. The van der Waals surface area contributed by atoms with Crippen LogP contribution in [-0.4, -0.2) is 33.3 Å². The van der Waals surface area contributed by atoms with Crippen LogP contribution in [0.25, 0.3) is 0 Å². The largest absolute Gasteiger partial charge is 0.334 e. The topological polar surface area (TPSA) is 33.2 Å². The lowest BCUT2D eigenvalue weighted by molar-refractivity contribution is -0.133. The molecular formula is C19H22N2OS. The molecule has 1 amide bonds. The summed E-state index contributed by atoms with van der Waals surface area (Å²) < 4.78 is 0. The molecule has 0 bridgehead atoms. The Morgan fingerprint density at radius 3 is 2.74 bits per heavy atom. The number of pyridine rings is 1. The van der Waals surface area contributed by atoms with Crippen LogP contribution in [0, 0.1) is 0 Å². The molecular weight excluding hydrogens is 304 g/mol. The summed E-state index contributed by atoms with van der Waals surface area (Å²) in [6.45, 7) is 3.05. The van der Waals surface area contributed by atoms with Crippen LogP contribution in [0.3, 0.4) is 0 Å². The van der Waals surface area contributed by atoms with E-state index in [1.54, 1.807) is 6.20 Å². The standard InChI is InChI=1S/C19H22N2OS/c1-15-19(16-7-3-2-4-8-16)21(13-14-23-15)18(22)11-10-17-9-5-6-12-20-17/h2-9,12,15,19H,10-11,13-14H2,1H3/t15-,19-/m1/s1. The molecule has 1 aliphatic rings. The minimum atomic E-state index is 0.172. The number of nitrogens with zero attached hydrogens (tertiary/aromatic N) is 2. The van der Waals surface area contributed by atoms with Crippen molar-refractivity contribution < 1.29 is 4.79 Å². The van der Waals surface area contributed by atoms with E-state index in [1.807, 2.05) is 36.0 Å². The van der Waals surface area contributed by atoms with E-state index in [1.165, 1.54) is 5.56 Å². The summed E-state index contributed by atoms with van der Waals surface area (Å²) in [4.78, 5) is 19.2. The summed E-state index contributed by atoms with van der Waals surface area (Å²) in [6, 6.07) is 16.4. The first-order valence-corrected chi connectivity index (χ1v) is 9.16. The lowest BCUT2D eigenvalue weighted by Gasteiger charge is -2.40. The Morgan fingerprint density at radius 2 is 2.00 bits per heavy atom. The molecule has 1 aromatic carbocycles. The van der Waals surface area contributed by atoms with Gasteiger partial charge in [0.15, 0.2) is 0 Å². The Hall–Kier alpha value is -1.81. The number of aromatic nitrogens is 1. The van der Waals surface area contributed by atoms with Gasteiger partial charge in [0.1, 0.15) is 0 Å². The molecule has 0 saturated carbocycles. The summed E-state index contributed by atoms with van der Waals surface area (Å²) >= 11 is 1.95. The Labute approximate surface area is 142 Å². The van der Waals surface area contributed by atoms with Crippen LogP contribution in [0.2, 0.25) is 0 Å². The predicted octanol–water partition coefficient (Wildman–Crippen LogP) is 3.72. The molecule has 2 heterocycles. The SMILES string of the molecule is C[C@H]1SCCN(C(=O)CCc2ccccn2)[C@H]1c1ccccc1. The zero-order valence-corrected chi connectivity index (χ0v) is 14.2. The fourth-order valence-corrected chi connectivity index (χ4v) is 4.29. The molecule has 1 aromatic heterocycles. The fraction of sp³-hybridized carbons (Fsp3) is 0.368. The summed E-state index contributed by atoms with van der Waals surface area (Å²) in [7, 11) is 0. The van der Waals surface area contributed by atoms with Crippen molar-refractivity contribution in [1.29, 1.82) is 0 Å². The van der Waals surface area contributed by atoms with Gasteiger partial charge in [0.25, 0.3) is 0 Å². The zero-order valence-electron chi connectivity index (χ0n) is 13.4. The molecule has 3 rings (SSSR count). The van der Waals surface area contributed by atoms with Gasteiger partial charge in [0.2, 0.25) is 5.91 Å². The van der Waals surface area contributed by atoms with Crippen molar-refractivity contribution in [3.63, 3.8) is 0 Å². The number of carbonyl (C=O) groups is 1. The Bertz CT molecular complexity index is 632. The van der Waals surface area contributed by atoms with Crippen LogP contribution < -0.4 is 0 Å². The molecule has 0 aliphatic carbocycles. The molecule has 4 heteroatoms. The second-order valence-electron chi connectivity index (χ2n) is 5.84. The van der Waals surface area contributed by atoms with E-state index in [4.69, 9.17) is 0 Å². The highest BCUT2D eigenvalue weighted by Crippen LogP contribution is 2.36. The quantitative estimate of drug-likeness (QED) is 0.858. The van der Waals surface area contributed by atoms with Gasteiger partial charge < -0.3 is 4.90 Å². The fourth-order valence-electron chi connectivity index (χ4n) is 3.13. The summed E-state index contributed by atoms with van der Waals surface area (Å²) in [6.07, 6.45) is 3.02. The van der Waals surface area contributed by atoms with Crippen LogP contribution >= 0.6 is 11.8 Å². The number of rotatable bonds is 4. The number of hydrogen-bond donors (Lipinski definition) is 0. The van der Waals surface area contributed by atoms with Gasteiger partial charge in [-0.15, -0.1) is 0 Å². The molecule has 3 nitrogen and oxygen atoms in total. The van der Waals surface area contributed by atoms with Crippen molar-refractivity contribution >= 4 is 17.7 Å². The van der Waals surface area contributed by atoms with E-state index < -0.39 is 0 Å². The van der Waals surface area contributed by atoms with Crippen LogP contribution in [0.15, 0.2) is 54.7 Å². The van der Waals surface area contributed by atoms with Crippen molar-refractivity contribution in [1.82, 2.24) is 9.88 Å². The van der Waals surface area contributed by atoms with Gasteiger partial charge >= 0.3 is 0 Å². The molecule has 0 radical (unpaired) electrons. The van der Waals surface area contributed by atoms with E-state index in [0.29, 0.717) is 18.1 Å². The highest BCUT2D eigenvalue weighted by atomic mass is 32.2. The average molecular weight is 326 g/mol. The van der Waals surface area contributed by atoms with Crippen LogP contribution in [0.4, 0.5) is 0 Å². The number of carbonyl (C=O) groups excluding carboxylic acids is 1. The molecule has 2 aromatic rings. The maximum atomic E-state index is 12.8. The maximum Gasteiger partial charge on any atom is 0.223 e. The van der Waals surface area contributed by atoms with Gasteiger partial charge in [-0.25, -0.2) is 0 Å². The van der Waals surface area contributed by atoms with E-state index in [2.05, 4.69) is 41.1 Å². The van der Waals surface area contributed by atoms with E-state index in [-0.39, 0.29) is 11.9 Å². The second-order valence-corrected chi connectivity index (χ2v) is 7.32. The first-order valence-electron chi connectivity index (χ1n) is 8.11. The van der Waals surface area contributed by atoms with Crippen molar-refractivity contribution in [2.75, 3.05) is 12.3 Å². The van der Waals surface area contributed by atoms with Gasteiger partial charge in [-0.05, 0) is 24.1 Å². The smallest absolute Gasteiger partial charge is 0.223 e. The van der Waals surface area contributed by atoms with Crippen LogP contribution in [-0.2, 0) is 11.2 Å². The van der Waals surface area contributed by atoms with Crippen LogP contribution in [0.5, 0.6) is 0 Å². The zero-order chi connectivity index (χ0) is 16.1. The summed E-state index contributed by atoms with van der Waals surface area (Å²) in [5, 5.41) is 0.421. The first kappa shape index (κ1) is 16.1. The number of aryl methyl sites for hydroxylation is 1. The molecule has 1 aliphatic heterocycles. The van der Waals surface area contributed by atoms with E-state index in [9.17, 15) is 4.79 Å². The highest BCUT2D eigenvalue weighted by molar-refractivity contribution is 8.00. The molecule has 0 unspecified atom stereocenters. The Balaban J connectivity index is 1.72. The first-order chi connectivity index (χ1) is 11.3. The molecule has 1 saturated heterocycles. The average Bonchev–Trinajstić information content (AvgIpc) is 2.61. The molecule has 1 fully saturated rings. The third-order valence-electron chi connectivity index (χ3n) is 4.28. The third-order valence-corrected chi connectivity index (χ3v) is 5.48. The van der Waals surface area contributed by atoms with Gasteiger partial charge in [0.05, 0.1) is 6.04 Å². The van der Waals surface area contributed by atoms with Gasteiger partial charge in [-0.2, -0.15) is 11.8 Å². The Kier molecular flexibility index (Phi) is 5.34. The number of amides is 1. The maximum absolute atomic E-state index is 12.8. The normalized spacial score (nSPS) is 21.2. The minimum Gasteiger partial charge on any atom is -0.334 e. The van der Waals surface area contributed by atoms with Crippen molar-refractivity contribution in [2.45, 2.75) is 31.1 Å². The van der Waals surface area contributed by atoms with Gasteiger partial charge in [0, 0.05) is 35.9 Å².